The normalized spacial score (nSPS) is 11.9. The molecule has 0 spiro atoms. The lowest BCUT2D eigenvalue weighted by Crippen LogP contribution is -2.38. The minimum absolute atomic E-state index is 0.0172. The topological polar surface area (TPSA) is 103 Å². The first kappa shape index (κ1) is 23.3. The molecular formula is C20H30N2O6. The minimum Gasteiger partial charge on any atom is -0.469 e. The Morgan fingerprint density at radius 3 is 2.36 bits per heavy atom. The molecule has 0 heterocycles. The van der Waals surface area contributed by atoms with E-state index in [-0.39, 0.29) is 13.0 Å². The summed E-state index contributed by atoms with van der Waals surface area (Å²) in [6.07, 6.45) is -0.0979. The molecule has 0 aliphatic rings. The number of carbonyl (C=O) groups is 3. The zero-order chi connectivity index (χ0) is 21.0. The van der Waals surface area contributed by atoms with Crippen LogP contribution in [-0.4, -0.2) is 43.5 Å². The smallest absolute Gasteiger partial charge is 0.407 e. The zero-order valence-corrected chi connectivity index (χ0v) is 16.9. The fourth-order valence-electron chi connectivity index (χ4n) is 2.29. The predicted molar refractivity (Wildman–Crippen MR) is 104 cm³/mol. The van der Waals surface area contributed by atoms with Gasteiger partial charge in [-0.05, 0) is 39.2 Å². The molecule has 28 heavy (non-hydrogen) atoms. The van der Waals surface area contributed by atoms with Crippen molar-refractivity contribution >= 4 is 18.2 Å². The lowest BCUT2D eigenvalue weighted by molar-refractivity contribution is -0.141. The number of hydrogen-bond donors (Lipinski definition) is 2. The van der Waals surface area contributed by atoms with Crippen LogP contribution in [0.25, 0.3) is 0 Å². The second-order valence-corrected chi connectivity index (χ2v) is 7.25. The average molecular weight is 394 g/mol. The molecule has 0 aliphatic heterocycles. The SMILES string of the molecule is COC(=O)C[C@H](CCCNC(=O)OC(C)(C)C)NC(=O)OCc1ccccc1. The van der Waals surface area contributed by atoms with Crippen LogP contribution in [0.2, 0.25) is 0 Å². The molecule has 1 aromatic rings. The molecule has 1 rings (SSSR count). The van der Waals surface area contributed by atoms with Crippen LogP contribution in [0.15, 0.2) is 30.3 Å². The van der Waals surface area contributed by atoms with Crippen molar-refractivity contribution in [1.29, 1.82) is 0 Å². The van der Waals surface area contributed by atoms with Gasteiger partial charge >= 0.3 is 18.2 Å². The van der Waals surface area contributed by atoms with Crippen LogP contribution in [0.3, 0.4) is 0 Å². The monoisotopic (exact) mass is 394 g/mol. The number of methoxy groups -OCH3 is 1. The summed E-state index contributed by atoms with van der Waals surface area (Å²) in [6, 6.07) is 8.82. The number of alkyl carbamates (subject to hydrolysis) is 2. The summed E-state index contributed by atoms with van der Waals surface area (Å²) in [5.74, 6) is -0.437. The van der Waals surface area contributed by atoms with Crippen molar-refractivity contribution in [1.82, 2.24) is 10.6 Å². The molecule has 0 fully saturated rings. The van der Waals surface area contributed by atoms with E-state index in [1.807, 2.05) is 30.3 Å². The van der Waals surface area contributed by atoms with Crippen LogP contribution in [0, 0.1) is 0 Å². The standard InChI is InChI=1S/C20H30N2O6/c1-20(2,3)28-18(24)21-12-8-11-16(13-17(23)26-4)22-19(25)27-14-15-9-6-5-7-10-15/h5-7,9-10,16H,8,11-14H2,1-4H3,(H,21,24)(H,22,25)/t16-/m0/s1. The van der Waals surface area contributed by atoms with Gasteiger partial charge in [-0.2, -0.15) is 0 Å². The fraction of sp³-hybridized carbons (Fsp3) is 0.550. The molecule has 1 atom stereocenters. The summed E-state index contributed by atoms with van der Waals surface area (Å²) in [6.45, 7) is 5.84. The van der Waals surface area contributed by atoms with Gasteiger partial charge < -0.3 is 24.8 Å². The third kappa shape index (κ3) is 11.1. The molecule has 8 heteroatoms. The molecular weight excluding hydrogens is 364 g/mol. The Morgan fingerprint density at radius 2 is 1.75 bits per heavy atom. The Hall–Kier alpha value is -2.77. The highest BCUT2D eigenvalue weighted by atomic mass is 16.6. The lowest BCUT2D eigenvalue weighted by atomic mass is 10.1. The van der Waals surface area contributed by atoms with E-state index in [9.17, 15) is 14.4 Å². The third-order valence-corrected chi connectivity index (χ3v) is 3.57. The molecule has 2 amide bonds. The quantitative estimate of drug-likeness (QED) is 0.379. The van der Waals surface area contributed by atoms with Crippen molar-refractivity contribution in [2.24, 2.45) is 0 Å². The van der Waals surface area contributed by atoms with E-state index < -0.39 is 29.8 Å². The maximum Gasteiger partial charge on any atom is 0.407 e. The van der Waals surface area contributed by atoms with Gasteiger partial charge in [0.15, 0.2) is 0 Å². The van der Waals surface area contributed by atoms with Gasteiger partial charge in [0.1, 0.15) is 12.2 Å². The molecule has 8 nitrogen and oxygen atoms in total. The van der Waals surface area contributed by atoms with Crippen molar-refractivity contribution in [3.63, 3.8) is 0 Å². The number of carbonyl (C=O) groups excluding carboxylic acids is 3. The Morgan fingerprint density at radius 1 is 1.07 bits per heavy atom. The van der Waals surface area contributed by atoms with E-state index in [4.69, 9.17) is 9.47 Å². The molecule has 156 valence electrons. The van der Waals surface area contributed by atoms with Crippen molar-refractivity contribution in [2.45, 2.75) is 58.3 Å². The molecule has 0 bridgehead atoms. The van der Waals surface area contributed by atoms with Crippen LogP contribution < -0.4 is 10.6 Å². The molecule has 0 saturated carbocycles. The van der Waals surface area contributed by atoms with Gasteiger partial charge in [-0.25, -0.2) is 9.59 Å². The maximum absolute atomic E-state index is 12.0. The molecule has 0 aromatic heterocycles. The highest BCUT2D eigenvalue weighted by Crippen LogP contribution is 2.08. The van der Waals surface area contributed by atoms with Gasteiger partial charge in [0.25, 0.3) is 0 Å². The Bertz CT molecular complexity index is 627. The van der Waals surface area contributed by atoms with Gasteiger partial charge in [-0.1, -0.05) is 30.3 Å². The molecule has 1 aromatic carbocycles. The van der Waals surface area contributed by atoms with Crippen molar-refractivity contribution < 1.29 is 28.6 Å². The lowest BCUT2D eigenvalue weighted by Gasteiger charge is -2.20. The minimum atomic E-state index is -0.613. The molecule has 0 aliphatic carbocycles. The Balaban J connectivity index is 2.41. The second-order valence-electron chi connectivity index (χ2n) is 7.25. The Kier molecular flexibility index (Phi) is 9.84. The summed E-state index contributed by atoms with van der Waals surface area (Å²) in [4.78, 5) is 35.2. The molecule has 0 saturated heterocycles. The number of benzene rings is 1. The van der Waals surface area contributed by atoms with Crippen LogP contribution in [-0.2, 0) is 25.6 Å². The Labute approximate surface area is 165 Å². The summed E-state index contributed by atoms with van der Waals surface area (Å²) < 4.78 is 15.0. The summed E-state index contributed by atoms with van der Waals surface area (Å²) in [5, 5.41) is 5.31. The largest absolute Gasteiger partial charge is 0.469 e. The van der Waals surface area contributed by atoms with Gasteiger partial charge in [0.05, 0.1) is 13.5 Å². The number of rotatable bonds is 9. The highest BCUT2D eigenvalue weighted by Gasteiger charge is 2.19. The van der Waals surface area contributed by atoms with Crippen molar-refractivity contribution in [2.75, 3.05) is 13.7 Å². The van der Waals surface area contributed by atoms with Crippen LogP contribution in [0.5, 0.6) is 0 Å². The van der Waals surface area contributed by atoms with Crippen LogP contribution >= 0.6 is 0 Å². The first-order chi connectivity index (χ1) is 13.2. The van der Waals surface area contributed by atoms with E-state index in [1.165, 1.54) is 7.11 Å². The zero-order valence-electron chi connectivity index (χ0n) is 16.9. The molecule has 0 radical (unpaired) electrons. The number of nitrogens with one attached hydrogen (secondary N) is 2. The summed E-state index contributed by atoms with van der Waals surface area (Å²) in [5.41, 5.74) is 0.297. The third-order valence-electron chi connectivity index (χ3n) is 3.57. The van der Waals surface area contributed by atoms with Crippen molar-refractivity contribution in [3.05, 3.63) is 35.9 Å². The van der Waals surface area contributed by atoms with E-state index in [1.54, 1.807) is 20.8 Å². The predicted octanol–water partition coefficient (Wildman–Crippen LogP) is 3.15. The van der Waals surface area contributed by atoms with Crippen LogP contribution in [0.4, 0.5) is 9.59 Å². The van der Waals surface area contributed by atoms with E-state index in [0.717, 1.165) is 5.56 Å². The van der Waals surface area contributed by atoms with Gasteiger partial charge in [0, 0.05) is 12.6 Å². The van der Waals surface area contributed by atoms with Gasteiger partial charge in [0.2, 0.25) is 0 Å². The first-order valence-corrected chi connectivity index (χ1v) is 9.20. The number of amides is 2. The molecule has 0 unspecified atom stereocenters. The second kappa shape index (κ2) is 11.8. The van der Waals surface area contributed by atoms with Crippen LogP contribution in [0.1, 0.15) is 45.6 Å². The number of esters is 1. The van der Waals surface area contributed by atoms with E-state index >= 15 is 0 Å². The first-order valence-electron chi connectivity index (χ1n) is 9.20. The summed E-state index contributed by atoms with van der Waals surface area (Å²) in [7, 11) is 1.29. The summed E-state index contributed by atoms with van der Waals surface area (Å²) >= 11 is 0. The van der Waals surface area contributed by atoms with Gasteiger partial charge in [-0.3, -0.25) is 4.79 Å². The highest BCUT2D eigenvalue weighted by molar-refractivity contribution is 5.72. The van der Waals surface area contributed by atoms with E-state index in [0.29, 0.717) is 19.4 Å². The maximum atomic E-state index is 12.0. The van der Waals surface area contributed by atoms with Gasteiger partial charge in [-0.15, -0.1) is 0 Å². The fourth-order valence-corrected chi connectivity index (χ4v) is 2.29. The number of hydrogen-bond acceptors (Lipinski definition) is 6. The average Bonchev–Trinajstić information content (AvgIpc) is 2.62. The van der Waals surface area contributed by atoms with Crippen molar-refractivity contribution in [3.8, 4) is 0 Å². The molecule has 2 N–H and O–H groups in total. The number of ether oxygens (including phenoxy) is 3. The van der Waals surface area contributed by atoms with E-state index in [2.05, 4.69) is 15.4 Å².